The van der Waals surface area contributed by atoms with Gasteiger partial charge in [-0.25, -0.2) is 4.79 Å². The normalized spacial score (nSPS) is 10.5. The molecule has 0 saturated carbocycles. The molecule has 0 aliphatic carbocycles. The number of hydrogen-bond acceptors (Lipinski definition) is 2. The van der Waals surface area contributed by atoms with Crippen LogP contribution in [-0.2, 0) is 0 Å². The number of nitrogen functional groups attached to an aromatic ring is 1. The van der Waals surface area contributed by atoms with Crippen LogP contribution in [0.15, 0.2) is 24.3 Å². The highest BCUT2D eigenvalue weighted by molar-refractivity contribution is 6.30. The molecule has 88 valence electrons. The zero-order valence-electron chi connectivity index (χ0n) is 9.12. The Balaban J connectivity index is 2.57. The number of H-pyrrole nitrogens is 1. The summed E-state index contributed by atoms with van der Waals surface area (Å²) in [7, 11) is 0. The van der Waals surface area contributed by atoms with Crippen LogP contribution in [0, 0.1) is 6.92 Å². The smallest absolute Gasteiger partial charge is 0.339 e. The Hall–Kier alpha value is -1.94. The Kier molecular flexibility index (Phi) is 2.81. The molecule has 0 atom stereocenters. The summed E-state index contributed by atoms with van der Waals surface area (Å²) in [4.78, 5) is 14.0. The van der Waals surface area contributed by atoms with Crippen LogP contribution < -0.4 is 5.73 Å². The Morgan fingerprint density at radius 2 is 1.94 bits per heavy atom. The average molecular weight is 251 g/mol. The molecule has 0 spiro atoms. The number of aromatic carboxylic acids is 1. The largest absolute Gasteiger partial charge is 0.478 e. The van der Waals surface area contributed by atoms with Crippen molar-refractivity contribution in [2.45, 2.75) is 6.92 Å². The van der Waals surface area contributed by atoms with Crippen molar-refractivity contribution < 1.29 is 9.90 Å². The lowest BCUT2D eigenvalue weighted by atomic mass is 10.1. The van der Waals surface area contributed by atoms with E-state index >= 15 is 0 Å². The van der Waals surface area contributed by atoms with E-state index in [0.29, 0.717) is 16.4 Å². The van der Waals surface area contributed by atoms with Gasteiger partial charge < -0.3 is 15.8 Å². The summed E-state index contributed by atoms with van der Waals surface area (Å²) < 4.78 is 0. The van der Waals surface area contributed by atoms with E-state index in [-0.39, 0.29) is 11.3 Å². The van der Waals surface area contributed by atoms with Crippen molar-refractivity contribution in [3.63, 3.8) is 0 Å². The van der Waals surface area contributed by atoms with E-state index in [2.05, 4.69) is 4.98 Å². The van der Waals surface area contributed by atoms with Crippen molar-refractivity contribution in [2.24, 2.45) is 0 Å². The molecule has 0 aliphatic rings. The monoisotopic (exact) mass is 250 g/mol. The molecule has 2 rings (SSSR count). The Morgan fingerprint density at radius 1 is 1.35 bits per heavy atom. The Labute approximate surface area is 103 Å². The predicted octanol–water partition coefficient (Wildman–Crippen LogP) is 2.92. The number of nitrogens with one attached hydrogen (secondary N) is 1. The number of aryl methyl sites for hydroxylation is 1. The molecule has 0 unspecified atom stereocenters. The lowest BCUT2D eigenvalue weighted by Crippen LogP contribution is -2.01. The molecule has 0 saturated heterocycles. The van der Waals surface area contributed by atoms with Crippen LogP contribution in [0.2, 0.25) is 5.02 Å². The minimum atomic E-state index is -1.03. The maximum atomic E-state index is 11.0. The number of halogens is 1. The molecule has 0 aliphatic heterocycles. The summed E-state index contributed by atoms with van der Waals surface area (Å²) in [5.41, 5.74) is 8.16. The maximum Gasteiger partial charge on any atom is 0.339 e. The molecule has 1 aromatic heterocycles. The van der Waals surface area contributed by atoms with Crippen LogP contribution in [0.25, 0.3) is 11.3 Å². The van der Waals surface area contributed by atoms with Crippen LogP contribution >= 0.6 is 11.6 Å². The van der Waals surface area contributed by atoms with E-state index in [1.54, 1.807) is 31.2 Å². The quantitative estimate of drug-likeness (QED) is 0.767. The standard InChI is InChI=1S/C12H11ClN2O2/c1-6-9(12(16)17)10(14)11(15-6)7-2-4-8(13)5-3-7/h2-5,15H,14H2,1H3,(H,16,17). The maximum absolute atomic E-state index is 11.0. The highest BCUT2D eigenvalue weighted by Crippen LogP contribution is 2.30. The van der Waals surface area contributed by atoms with Gasteiger partial charge in [0.05, 0.1) is 11.4 Å². The first-order valence-electron chi connectivity index (χ1n) is 4.98. The SMILES string of the molecule is Cc1[nH]c(-c2ccc(Cl)cc2)c(N)c1C(=O)O. The van der Waals surface area contributed by atoms with Crippen LogP contribution in [-0.4, -0.2) is 16.1 Å². The van der Waals surface area contributed by atoms with E-state index in [0.717, 1.165) is 5.56 Å². The molecule has 0 amide bonds. The van der Waals surface area contributed by atoms with Gasteiger partial charge in [0, 0.05) is 16.3 Å². The van der Waals surface area contributed by atoms with Crippen molar-refractivity contribution in [1.29, 1.82) is 0 Å². The van der Waals surface area contributed by atoms with Crippen molar-refractivity contribution in [3.05, 3.63) is 40.5 Å². The fourth-order valence-electron chi connectivity index (χ4n) is 1.76. The molecule has 0 radical (unpaired) electrons. The van der Waals surface area contributed by atoms with Crippen molar-refractivity contribution >= 4 is 23.3 Å². The Morgan fingerprint density at radius 3 is 2.41 bits per heavy atom. The summed E-state index contributed by atoms with van der Waals surface area (Å²) in [6.07, 6.45) is 0. The molecule has 5 heteroatoms. The van der Waals surface area contributed by atoms with Crippen LogP contribution in [0.1, 0.15) is 16.1 Å². The third-order valence-electron chi connectivity index (χ3n) is 2.57. The van der Waals surface area contributed by atoms with E-state index in [9.17, 15) is 4.79 Å². The lowest BCUT2D eigenvalue weighted by molar-refractivity contribution is 0.0697. The number of rotatable bonds is 2. The summed E-state index contributed by atoms with van der Waals surface area (Å²) in [6, 6.07) is 7.03. The fraction of sp³-hybridized carbons (Fsp3) is 0.0833. The average Bonchev–Trinajstić information content (AvgIpc) is 2.55. The van der Waals surface area contributed by atoms with E-state index in [1.165, 1.54) is 0 Å². The number of carboxylic acid groups (broad SMARTS) is 1. The number of anilines is 1. The second-order valence-corrected chi connectivity index (χ2v) is 4.16. The molecule has 1 aromatic carbocycles. The minimum Gasteiger partial charge on any atom is -0.478 e. The predicted molar refractivity (Wildman–Crippen MR) is 67.3 cm³/mol. The van der Waals surface area contributed by atoms with Crippen LogP contribution in [0.4, 0.5) is 5.69 Å². The molecule has 4 nitrogen and oxygen atoms in total. The van der Waals surface area contributed by atoms with Gasteiger partial charge in [-0.3, -0.25) is 0 Å². The van der Waals surface area contributed by atoms with Gasteiger partial charge in [0.25, 0.3) is 0 Å². The van der Waals surface area contributed by atoms with E-state index in [1.807, 2.05) is 0 Å². The van der Waals surface area contributed by atoms with Gasteiger partial charge in [0.1, 0.15) is 5.56 Å². The van der Waals surface area contributed by atoms with Gasteiger partial charge >= 0.3 is 5.97 Å². The summed E-state index contributed by atoms with van der Waals surface area (Å²) >= 11 is 5.79. The molecule has 0 fully saturated rings. The lowest BCUT2D eigenvalue weighted by Gasteiger charge is -2.00. The minimum absolute atomic E-state index is 0.120. The van der Waals surface area contributed by atoms with Gasteiger partial charge in [-0.2, -0.15) is 0 Å². The fourth-order valence-corrected chi connectivity index (χ4v) is 1.89. The number of aromatic nitrogens is 1. The number of carbonyl (C=O) groups is 1. The van der Waals surface area contributed by atoms with Gasteiger partial charge in [0.2, 0.25) is 0 Å². The molecule has 17 heavy (non-hydrogen) atoms. The summed E-state index contributed by atoms with van der Waals surface area (Å²) in [5.74, 6) is -1.03. The van der Waals surface area contributed by atoms with E-state index < -0.39 is 5.97 Å². The topological polar surface area (TPSA) is 79.1 Å². The second kappa shape index (κ2) is 4.14. The highest BCUT2D eigenvalue weighted by Gasteiger charge is 2.18. The molecule has 2 aromatic rings. The van der Waals surface area contributed by atoms with Gasteiger partial charge in [-0.15, -0.1) is 0 Å². The number of hydrogen-bond donors (Lipinski definition) is 3. The molecule has 4 N–H and O–H groups in total. The van der Waals surface area contributed by atoms with Crippen LogP contribution in [0.5, 0.6) is 0 Å². The first-order chi connectivity index (χ1) is 8.00. The van der Waals surface area contributed by atoms with Crippen molar-refractivity contribution in [2.75, 3.05) is 5.73 Å². The zero-order chi connectivity index (χ0) is 12.6. The second-order valence-electron chi connectivity index (χ2n) is 3.73. The molecule has 1 heterocycles. The number of carboxylic acids is 1. The van der Waals surface area contributed by atoms with Crippen LogP contribution in [0.3, 0.4) is 0 Å². The van der Waals surface area contributed by atoms with E-state index in [4.69, 9.17) is 22.4 Å². The summed E-state index contributed by atoms with van der Waals surface area (Å²) in [6.45, 7) is 1.68. The number of aromatic amines is 1. The highest BCUT2D eigenvalue weighted by atomic mass is 35.5. The summed E-state index contributed by atoms with van der Waals surface area (Å²) in [5, 5.41) is 9.65. The van der Waals surface area contributed by atoms with Gasteiger partial charge in [-0.1, -0.05) is 23.7 Å². The molecular weight excluding hydrogens is 240 g/mol. The number of benzene rings is 1. The van der Waals surface area contributed by atoms with Crippen molar-refractivity contribution in [3.8, 4) is 11.3 Å². The molecule has 0 bridgehead atoms. The first-order valence-corrected chi connectivity index (χ1v) is 5.35. The Bertz CT molecular complexity index is 573. The van der Waals surface area contributed by atoms with Gasteiger partial charge in [0.15, 0.2) is 0 Å². The first kappa shape index (κ1) is 11.5. The van der Waals surface area contributed by atoms with Gasteiger partial charge in [-0.05, 0) is 19.1 Å². The molecular formula is C12H11ClN2O2. The zero-order valence-corrected chi connectivity index (χ0v) is 9.88. The van der Waals surface area contributed by atoms with Crippen molar-refractivity contribution in [1.82, 2.24) is 4.98 Å². The third kappa shape index (κ3) is 1.99. The number of nitrogens with two attached hydrogens (primary N) is 1. The third-order valence-corrected chi connectivity index (χ3v) is 2.82.